The predicted octanol–water partition coefficient (Wildman–Crippen LogP) is 3.27. The van der Waals surface area contributed by atoms with Crippen LogP contribution in [0.2, 0.25) is 0 Å². The van der Waals surface area contributed by atoms with E-state index >= 15 is 0 Å². The molecule has 0 saturated carbocycles. The van der Waals surface area contributed by atoms with Gasteiger partial charge in [-0.1, -0.05) is 13.8 Å². The molecule has 1 unspecified atom stereocenters. The van der Waals surface area contributed by atoms with Crippen molar-refractivity contribution >= 4 is 17.3 Å². The van der Waals surface area contributed by atoms with Gasteiger partial charge in [0, 0.05) is 11.6 Å². The van der Waals surface area contributed by atoms with E-state index in [-0.39, 0.29) is 17.3 Å². The Morgan fingerprint density at radius 2 is 2.06 bits per heavy atom. The molecule has 18 heavy (non-hydrogen) atoms. The van der Waals surface area contributed by atoms with Gasteiger partial charge in [0.05, 0.1) is 11.3 Å². The molecule has 0 bridgehead atoms. The van der Waals surface area contributed by atoms with Gasteiger partial charge in [-0.3, -0.25) is 4.79 Å². The number of hydrogen-bond donors (Lipinski definition) is 2. The van der Waals surface area contributed by atoms with E-state index in [2.05, 4.69) is 5.32 Å². The number of carbonyl (C=O) groups is 1. The highest BCUT2D eigenvalue weighted by Gasteiger charge is 2.34. The summed E-state index contributed by atoms with van der Waals surface area (Å²) >= 11 is 0. The number of hydrogen-bond acceptors (Lipinski definition) is 2. The van der Waals surface area contributed by atoms with E-state index in [1.54, 1.807) is 13.8 Å². The van der Waals surface area contributed by atoms with Crippen molar-refractivity contribution in [3.05, 3.63) is 23.8 Å². The maximum absolute atomic E-state index is 12.8. The van der Waals surface area contributed by atoms with E-state index in [9.17, 15) is 18.0 Å². The molecule has 6 heteroatoms. The molecule has 0 aromatic heterocycles. The van der Waals surface area contributed by atoms with Gasteiger partial charge in [0.25, 0.3) is 0 Å². The van der Waals surface area contributed by atoms with Crippen molar-refractivity contribution < 1.29 is 18.0 Å². The molecule has 0 heterocycles. The molecule has 1 aromatic carbocycles. The number of benzene rings is 1. The van der Waals surface area contributed by atoms with Crippen LogP contribution in [0.4, 0.5) is 24.5 Å². The van der Waals surface area contributed by atoms with Gasteiger partial charge in [-0.2, -0.15) is 13.2 Å². The highest BCUT2D eigenvalue weighted by Crippen LogP contribution is 2.36. The first-order valence-corrected chi connectivity index (χ1v) is 5.53. The summed E-state index contributed by atoms with van der Waals surface area (Å²) in [5.74, 6) is -0.781. The fourth-order valence-corrected chi connectivity index (χ4v) is 1.35. The summed E-state index contributed by atoms with van der Waals surface area (Å²) in [7, 11) is 0. The van der Waals surface area contributed by atoms with Crippen LogP contribution in [0.1, 0.15) is 25.8 Å². The van der Waals surface area contributed by atoms with Crippen molar-refractivity contribution in [2.45, 2.75) is 26.4 Å². The van der Waals surface area contributed by atoms with Crippen LogP contribution in [0.3, 0.4) is 0 Å². The molecule has 0 fully saturated rings. The van der Waals surface area contributed by atoms with Gasteiger partial charge >= 0.3 is 6.18 Å². The van der Waals surface area contributed by atoms with Crippen LogP contribution in [0.5, 0.6) is 0 Å². The molecule has 1 aromatic rings. The fraction of sp³-hybridized carbons (Fsp3) is 0.417. The Bertz CT molecular complexity index is 443. The highest BCUT2D eigenvalue weighted by atomic mass is 19.4. The van der Waals surface area contributed by atoms with Crippen LogP contribution >= 0.6 is 0 Å². The first kappa shape index (κ1) is 14.3. The second kappa shape index (κ2) is 5.29. The zero-order valence-electron chi connectivity index (χ0n) is 10.1. The Morgan fingerprint density at radius 1 is 1.44 bits per heavy atom. The van der Waals surface area contributed by atoms with Gasteiger partial charge in [-0.15, -0.1) is 0 Å². The first-order valence-electron chi connectivity index (χ1n) is 5.53. The molecule has 1 amide bonds. The van der Waals surface area contributed by atoms with Gasteiger partial charge in [0.15, 0.2) is 0 Å². The van der Waals surface area contributed by atoms with Crippen LogP contribution in [0.15, 0.2) is 18.2 Å². The zero-order valence-corrected chi connectivity index (χ0v) is 10.1. The zero-order chi connectivity index (χ0) is 13.9. The Kier molecular flexibility index (Phi) is 4.21. The van der Waals surface area contributed by atoms with Gasteiger partial charge in [0.1, 0.15) is 0 Å². The maximum atomic E-state index is 12.8. The smallest absolute Gasteiger partial charge is 0.399 e. The second-order valence-electron chi connectivity index (χ2n) is 4.10. The SMILES string of the molecule is CCC(C)C(=O)Nc1ccc(N)cc1C(F)(F)F. The summed E-state index contributed by atoms with van der Waals surface area (Å²) in [5, 5.41) is 2.28. The summed E-state index contributed by atoms with van der Waals surface area (Å²) in [6.07, 6.45) is -3.99. The molecule has 3 nitrogen and oxygen atoms in total. The van der Waals surface area contributed by atoms with Gasteiger partial charge in [-0.25, -0.2) is 0 Å². The molecule has 0 spiro atoms. The van der Waals surface area contributed by atoms with Crippen molar-refractivity contribution in [3.63, 3.8) is 0 Å². The monoisotopic (exact) mass is 260 g/mol. The number of alkyl halides is 3. The van der Waals surface area contributed by atoms with Crippen molar-refractivity contribution in [1.82, 2.24) is 0 Å². The van der Waals surface area contributed by atoms with E-state index in [1.807, 2.05) is 0 Å². The standard InChI is InChI=1S/C12H15F3N2O/c1-3-7(2)11(18)17-10-5-4-8(16)6-9(10)12(13,14)15/h4-7H,3,16H2,1-2H3,(H,17,18). The summed E-state index contributed by atoms with van der Waals surface area (Å²) in [4.78, 5) is 11.6. The normalized spacial score (nSPS) is 13.2. The minimum absolute atomic E-state index is 0.00358. The van der Waals surface area contributed by atoms with Crippen molar-refractivity contribution in [1.29, 1.82) is 0 Å². The Morgan fingerprint density at radius 3 is 2.56 bits per heavy atom. The number of halogens is 3. The van der Waals surface area contributed by atoms with E-state index in [1.165, 1.54) is 12.1 Å². The van der Waals surface area contributed by atoms with Crippen molar-refractivity contribution in [3.8, 4) is 0 Å². The molecule has 0 radical (unpaired) electrons. The Labute approximate surface area is 103 Å². The number of amides is 1. The van der Waals surface area contributed by atoms with E-state index in [0.717, 1.165) is 6.07 Å². The molecule has 1 atom stereocenters. The third-order valence-electron chi connectivity index (χ3n) is 2.67. The van der Waals surface area contributed by atoms with Crippen LogP contribution in [-0.4, -0.2) is 5.91 Å². The summed E-state index contributed by atoms with van der Waals surface area (Å²) in [6, 6.07) is 3.30. The minimum atomic E-state index is -4.55. The predicted molar refractivity (Wildman–Crippen MR) is 63.9 cm³/mol. The minimum Gasteiger partial charge on any atom is -0.399 e. The lowest BCUT2D eigenvalue weighted by Crippen LogP contribution is -2.22. The van der Waals surface area contributed by atoms with Crippen molar-refractivity contribution in [2.24, 2.45) is 5.92 Å². The molecule has 1 rings (SSSR count). The Hall–Kier alpha value is -1.72. The number of nitrogens with two attached hydrogens (primary N) is 1. The van der Waals surface area contributed by atoms with Crippen molar-refractivity contribution in [2.75, 3.05) is 11.1 Å². The lowest BCUT2D eigenvalue weighted by atomic mass is 10.1. The lowest BCUT2D eigenvalue weighted by molar-refractivity contribution is -0.136. The fourth-order valence-electron chi connectivity index (χ4n) is 1.35. The van der Waals surface area contributed by atoms with Crippen LogP contribution in [-0.2, 0) is 11.0 Å². The quantitative estimate of drug-likeness (QED) is 0.819. The van der Waals surface area contributed by atoms with Crippen LogP contribution in [0, 0.1) is 5.92 Å². The average Bonchev–Trinajstić information content (AvgIpc) is 2.28. The third kappa shape index (κ3) is 3.38. The van der Waals surface area contributed by atoms with E-state index in [0.29, 0.717) is 6.42 Å². The Balaban J connectivity index is 3.06. The van der Waals surface area contributed by atoms with Crippen LogP contribution < -0.4 is 11.1 Å². The molecule has 0 saturated heterocycles. The second-order valence-corrected chi connectivity index (χ2v) is 4.10. The summed E-state index contributed by atoms with van der Waals surface area (Å²) in [6.45, 7) is 3.44. The molecule has 0 aliphatic heterocycles. The maximum Gasteiger partial charge on any atom is 0.418 e. The average molecular weight is 260 g/mol. The van der Waals surface area contributed by atoms with Gasteiger partial charge in [-0.05, 0) is 24.6 Å². The van der Waals surface area contributed by atoms with Gasteiger partial charge < -0.3 is 11.1 Å². The summed E-state index contributed by atoms with van der Waals surface area (Å²) < 4.78 is 38.3. The molecule has 0 aliphatic rings. The van der Waals surface area contributed by atoms with E-state index in [4.69, 9.17) is 5.73 Å². The highest BCUT2D eigenvalue weighted by molar-refractivity contribution is 5.93. The number of nitrogen functional groups attached to an aromatic ring is 1. The topological polar surface area (TPSA) is 55.1 Å². The lowest BCUT2D eigenvalue weighted by Gasteiger charge is -2.16. The third-order valence-corrected chi connectivity index (χ3v) is 2.67. The molecular formula is C12H15F3N2O. The molecule has 3 N–H and O–H groups in total. The number of rotatable bonds is 3. The number of carbonyl (C=O) groups excluding carboxylic acids is 1. The summed E-state index contributed by atoms with van der Waals surface area (Å²) in [5.41, 5.74) is 4.14. The largest absolute Gasteiger partial charge is 0.418 e. The molecular weight excluding hydrogens is 245 g/mol. The molecule has 100 valence electrons. The van der Waals surface area contributed by atoms with E-state index < -0.39 is 17.6 Å². The molecule has 0 aliphatic carbocycles. The number of nitrogens with one attached hydrogen (secondary N) is 1. The number of anilines is 2. The van der Waals surface area contributed by atoms with Gasteiger partial charge in [0.2, 0.25) is 5.91 Å². The first-order chi connectivity index (χ1) is 8.25. The van der Waals surface area contributed by atoms with Crippen LogP contribution in [0.25, 0.3) is 0 Å².